The topological polar surface area (TPSA) is 116 Å². The van der Waals surface area contributed by atoms with Gasteiger partial charge in [-0.25, -0.2) is 17.9 Å². The number of nitrogens with zero attached hydrogens (tertiary/aromatic N) is 2. The Labute approximate surface area is 176 Å². The predicted molar refractivity (Wildman–Crippen MR) is 112 cm³/mol. The first kappa shape index (κ1) is 20.7. The molecule has 1 aliphatic heterocycles. The van der Waals surface area contributed by atoms with Gasteiger partial charge in [-0.15, -0.1) is 0 Å². The lowest BCUT2D eigenvalue weighted by molar-refractivity contribution is 0.0645. The highest BCUT2D eigenvalue weighted by molar-refractivity contribution is 7.90. The third kappa shape index (κ3) is 4.01. The number of sulfonamides is 1. The molecule has 10 heteroatoms. The van der Waals surface area contributed by atoms with Gasteiger partial charge in [0.25, 0.3) is 0 Å². The van der Waals surface area contributed by atoms with Gasteiger partial charge in [0.1, 0.15) is 11.0 Å². The molecule has 2 aromatic rings. The second-order valence-corrected chi connectivity index (χ2v) is 9.88. The van der Waals surface area contributed by atoms with Crippen LogP contribution in [0.2, 0.25) is 0 Å². The van der Waals surface area contributed by atoms with E-state index in [0.717, 1.165) is 30.5 Å². The average molecular weight is 434 g/mol. The Hall–Kier alpha value is -2.59. The monoisotopic (exact) mass is 433 g/mol. The van der Waals surface area contributed by atoms with Crippen molar-refractivity contribution >= 4 is 27.6 Å². The summed E-state index contributed by atoms with van der Waals surface area (Å²) in [5, 5.41) is 10.5. The molecule has 9 nitrogen and oxygen atoms in total. The molecule has 1 saturated carbocycles. The minimum absolute atomic E-state index is 0.0920. The largest absolute Gasteiger partial charge is 0.446 e. The summed E-state index contributed by atoms with van der Waals surface area (Å²) in [6, 6.07) is 7.33. The third-order valence-corrected chi connectivity index (χ3v) is 7.38. The molecule has 2 heterocycles. The van der Waals surface area contributed by atoms with Crippen LogP contribution >= 0.6 is 0 Å². The zero-order valence-electron chi connectivity index (χ0n) is 17.3. The van der Waals surface area contributed by atoms with Gasteiger partial charge in [-0.3, -0.25) is 5.10 Å². The van der Waals surface area contributed by atoms with Crippen molar-refractivity contribution in [2.75, 3.05) is 12.4 Å². The molecule has 162 valence electrons. The fraction of sp³-hybridized carbons (Fsp3) is 0.500. The normalized spacial score (nSPS) is 22.1. The Morgan fingerprint density at radius 3 is 2.90 bits per heavy atom. The van der Waals surface area contributed by atoms with Crippen molar-refractivity contribution in [1.29, 1.82) is 0 Å². The molecule has 2 atom stereocenters. The van der Waals surface area contributed by atoms with Crippen LogP contribution in [0.3, 0.4) is 0 Å². The third-order valence-electron chi connectivity index (χ3n) is 5.83. The zero-order valence-corrected chi connectivity index (χ0v) is 18.1. The molecule has 1 amide bonds. The molecule has 2 aliphatic rings. The van der Waals surface area contributed by atoms with Crippen LogP contribution in [0, 0.1) is 0 Å². The van der Waals surface area contributed by atoms with E-state index in [0.29, 0.717) is 18.1 Å². The number of benzene rings is 1. The number of aromatic amines is 1. The van der Waals surface area contributed by atoms with Gasteiger partial charge in [-0.2, -0.15) is 5.10 Å². The lowest BCUT2D eigenvalue weighted by Gasteiger charge is -2.23. The first-order valence-electron chi connectivity index (χ1n) is 10.1. The van der Waals surface area contributed by atoms with Crippen LogP contribution in [0.15, 0.2) is 29.2 Å². The van der Waals surface area contributed by atoms with Crippen molar-refractivity contribution in [3.05, 3.63) is 35.5 Å². The highest BCUT2D eigenvalue weighted by Crippen LogP contribution is 2.37. The number of carbonyl (C=O) groups excluding carboxylic acids is 1. The molecule has 4 rings (SSSR count). The van der Waals surface area contributed by atoms with Crippen molar-refractivity contribution in [3.8, 4) is 0 Å². The van der Waals surface area contributed by atoms with Gasteiger partial charge in [0.05, 0.1) is 5.69 Å². The van der Waals surface area contributed by atoms with E-state index in [4.69, 9.17) is 4.74 Å². The second-order valence-electron chi connectivity index (χ2n) is 8.17. The van der Waals surface area contributed by atoms with Crippen LogP contribution in [-0.4, -0.2) is 48.8 Å². The summed E-state index contributed by atoms with van der Waals surface area (Å²) in [5.41, 5.74) is 2.19. The molecule has 0 spiro atoms. The lowest BCUT2D eigenvalue weighted by atomic mass is 10.0. The summed E-state index contributed by atoms with van der Waals surface area (Å²) in [4.78, 5) is 14.0. The van der Waals surface area contributed by atoms with Crippen LogP contribution in [-0.2, 0) is 21.3 Å². The maximum atomic E-state index is 12.3. The second kappa shape index (κ2) is 7.92. The Morgan fingerprint density at radius 2 is 2.13 bits per heavy atom. The average Bonchev–Trinajstić information content (AvgIpc) is 3.41. The summed E-state index contributed by atoms with van der Waals surface area (Å²) in [5.74, 6) is 0.766. The van der Waals surface area contributed by atoms with Crippen LogP contribution in [0.25, 0.3) is 0 Å². The highest BCUT2D eigenvalue weighted by atomic mass is 32.2. The molecule has 0 saturated heterocycles. The number of aromatic nitrogens is 2. The van der Waals surface area contributed by atoms with E-state index in [1.165, 1.54) is 0 Å². The van der Waals surface area contributed by atoms with Crippen molar-refractivity contribution < 1.29 is 17.9 Å². The van der Waals surface area contributed by atoms with Gasteiger partial charge in [0, 0.05) is 37.3 Å². The van der Waals surface area contributed by atoms with Crippen LogP contribution in [0.4, 0.5) is 16.3 Å². The maximum Gasteiger partial charge on any atom is 0.410 e. The number of ether oxygens (including phenoxy) is 1. The van der Waals surface area contributed by atoms with Crippen LogP contribution in [0.1, 0.15) is 50.3 Å². The van der Waals surface area contributed by atoms with Crippen molar-refractivity contribution in [1.82, 2.24) is 19.8 Å². The van der Waals surface area contributed by atoms with E-state index in [2.05, 4.69) is 20.2 Å². The minimum atomic E-state index is -3.50. The first-order chi connectivity index (χ1) is 14.2. The van der Waals surface area contributed by atoms with Gasteiger partial charge in [-0.05, 0) is 44.7 Å². The molecule has 1 aromatic heterocycles. The first-order valence-corrected chi connectivity index (χ1v) is 11.6. The summed E-state index contributed by atoms with van der Waals surface area (Å²) in [6.45, 7) is 4.19. The molecule has 1 fully saturated rings. The molecule has 1 aliphatic carbocycles. The van der Waals surface area contributed by atoms with E-state index >= 15 is 0 Å². The fourth-order valence-electron chi connectivity index (χ4n) is 3.90. The Bertz CT molecular complexity index is 1050. The number of fused-ring (bicyclic) bond motifs is 1. The molecular weight excluding hydrogens is 406 g/mol. The molecule has 0 bridgehead atoms. The van der Waals surface area contributed by atoms with E-state index in [1.54, 1.807) is 24.1 Å². The summed E-state index contributed by atoms with van der Waals surface area (Å²) in [7, 11) is -1.76. The van der Waals surface area contributed by atoms with E-state index in [9.17, 15) is 13.2 Å². The summed E-state index contributed by atoms with van der Waals surface area (Å²) >= 11 is 0. The summed E-state index contributed by atoms with van der Waals surface area (Å²) < 4.78 is 32.7. The van der Waals surface area contributed by atoms with Crippen molar-refractivity contribution in [3.63, 3.8) is 0 Å². The quantitative estimate of drug-likeness (QED) is 0.667. The van der Waals surface area contributed by atoms with Crippen molar-refractivity contribution in [2.24, 2.45) is 0 Å². The van der Waals surface area contributed by atoms with E-state index < -0.39 is 10.0 Å². The van der Waals surface area contributed by atoms with Gasteiger partial charge < -0.3 is 15.0 Å². The SMILES string of the molecule is CC(C)N(C)C(=O)O[C@@H]1CC[C@H](c2cc(Nc3cccc4c3S(=O)(=O)NC4)n[nH]2)C1. The number of carbonyl (C=O) groups is 1. The van der Waals surface area contributed by atoms with Gasteiger partial charge in [-0.1, -0.05) is 12.1 Å². The Balaban J connectivity index is 1.42. The van der Waals surface area contributed by atoms with Gasteiger partial charge in [0.2, 0.25) is 10.0 Å². The standard InChI is InChI=1S/C20H27N5O4S/c1-12(2)25(3)20(26)29-15-8-7-13(9-15)17-10-18(24-23-17)22-16-6-4-5-14-11-21-30(27,28)19(14)16/h4-6,10,12-13,15,21H,7-9,11H2,1-3H3,(H2,22,23,24)/t13-,15+/m0/s1. The van der Waals surface area contributed by atoms with E-state index in [1.807, 2.05) is 26.0 Å². The lowest BCUT2D eigenvalue weighted by Crippen LogP contribution is -2.35. The number of H-pyrrole nitrogens is 1. The van der Waals surface area contributed by atoms with Crippen LogP contribution in [0.5, 0.6) is 0 Å². The fourth-order valence-corrected chi connectivity index (χ4v) is 5.28. The van der Waals surface area contributed by atoms with Crippen molar-refractivity contribution in [2.45, 2.75) is 62.6 Å². The van der Waals surface area contributed by atoms with Gasteiger partial charge in [0.15, 0.2) is 5.82 Å². The predicted octanol–water partition coefficient (Wildman–Crippen LogP) is 3.06. The molecule has 3 N–H and O–H groups in total. The molecule has 30 heavy (non-hydrogen) atoms. The molecule has 1 aromatic carbocycles. The Morgan fingerprint density at radius 1 is 1.33 bits per heavy atom. The number of hydrogen-bond donors (Lipinski definition) is 3. The molecule has 0 unspecified atom stereocenters. The Kier molecular flexibility index (Phi) is 5.46. The van der Waals surface area contributed by atoms with Gasteiger partial charge >= 0.3 is 6.09 Å². The van der Waals surface area contributed by atoms with E-state index in [-0.39, 0.29) is 29.1 Å². The zero-order chi connectivity index (χ0) is 21.5. The number of amides is 1. The number of anilines is 2. The summed E-state index contributed by atoms with van der Waals surface area (Å²) in [6.07, 6.45) is 2.02. The number of rotatable bonds is 5. The maximum absolute atomic E-state index is 12.3. The van der Waals surface area contributed by atoms with Crippen LogP contribution < -0.4 is 10.0 Å². The highest BCUT2D eigenvalue weighted by Gasteiger charge is 2.32. The molecular formula is C20H27N5O4S. The minimum Gasteiger partial charge on any atom is -0.446 e. The molecule has 0 radical (unpaired) electrons. The number of nitrogens with one attached hydrogen (secondary N) is 3. The smallest absolute Gasteiger partial charge is 0.410 e. The number of hydrogen-bond acceptors (Lipinski definition) is 6.